The number of allylic oxidation sites excluding steroid dienone is 27. The van der Waals surface area contributed by atoms with Gasteiger partial charge in [-0.15, -0.1) is 0 Å². The SMILES string of the molecule is COc1c(C)c(C/C=C(\C)CC/C=C(\C)CC/C=C(\C)CC/C=C(\C)CC/C=C(\C)CC/C=C(\C)CCC=C(C)C)c(OC)c2ccccc12.COc1cc(CC/C=C(\C)CC/C=C(\C)CC(/C=C(\C)CC/C=C(\C)CC/C=C(\C)CC/C=C(\C)CCC=C(C)C)S(=O)(=O)c2ccccc2)c(OC)c2ccccc12. The topological polar surface area (TPSA) is 71.1 Å². The molecule has 0 heterocycles. The molecule has 0 bridgehead atoms. The molecule has 0 aliphatic carbocycles. The van der Waals surface area contributed by atoms with Gasteiger partial charge in [-0.25, -0.2) is 8.42 Å². The second kappa shape index (κ2) is 52.3. The Morgan fingerprint density at radius 2 is 0.633 bits per heavy atom. The van der Waals surface area contributed by atoms with Gasteiger partial charge in [-0.1, -0.05) is 230 Å². The zero-order chi connectivity index (χ0) is 80.1. The molecule has 0 spiro atoms. The fourth-order valence-corrected chi connectivity index (χ4v) is 15.7. The van der Waals surface area contributed by atoms with E-state index in [2.05, 4.69) is 239 Å². The summed E-state index contributed by atoms with van der Waals surface area (Å²) in [6.45, 7) is 37.6. The summed E-state index contributed by atoms with van der Waals surface area (Å²) in [5, 5.41) is 3.72. The maximum absolute atomic E-state index is 14.0. The van der Waals surface area contributed by atoms with E-state index in [9.17, 15) is 8.42 Å². The second-order valence-electron chi connectivity index (χ2n) is 31.4. The van der Waals surface area contributed by atoms with Crippen molar-refractivity contribution in [2.45, 2.75) is 295 Å². The van der Waals surface area contributed by atoms with Gasteiger partial charge in [0, 0.05) is 27.1 Å². The van der Waals surface area contributed by atoms with Crippen molar-refractivity contribution in [1.82, 2.24) is 0 Å². The molecule has 7 heteroatoms. The Labute approximate surface area is 665 Å². The molecular formula is C102H144O6S. The number of ether oxygens (including phenoxy) is 4. The number of aryl methyl sites for hydroxylation is 1. The summed E-state index contributed by atoms with van der Waals surface area (Å²) in [6, 6.07) is 27.6. The predicted octanol–water partition coefficient (Wildman–Crippen LogP) is 30.6. The molecule has 5 rings (SSSR count). The zero-order valence-electron chi connectivity index (χ0n) is 72.0. The van der Waals surface area contributed by atoms with E-state index in [1.807, 2.05) is 24.3 Å². The van der Waals surface area contributed by atoms with Gasteiger partial charge >= 0.3 is 0 Å². The van der Waals surface area contributed by atoms with E-state index in [4.69, 9.17) is 18.9 Å². The average Bonchev–Trinajstić information content (AvgIpc) is 0.772. The number of hydrogen-bond acceptors (Lipinski definition) is 6. The summed E-state index contributed by atoms with van der Waals surface area (Å²) in [5.41, 5.74) is 23.2. The Kier molecular flexibility index (Phi) is 44.9. The quantitative estimate of drug-likeness (QED) is 0.0362. The van der Waals surface area contributed by atoms with Crippen molar-refractivity contribution in [3.05, 3.63) is 265 Å². The van der Waals surface area contributed by atoms with E-state index in [1.165, 1.54) is 98.1 Å². The molecule has 6 nitrogen and oxygen atoms in total. The highest BCUT2D eigenvalue weighted by Crippen LogP contribution is 2.42. The van der Waals surface area contributed by atoms with E-state index < -0.39 is 15.1 Å². The van der Waals surface area contributed by atoms with Gasteiger partial charge in [-0.05, 0) is 314 Å². The molecule has 5 aromatic carbocycles. The Hall–Kier alpha value is -7.87. The first-order valence-corrected chi connectivity index (χ1v) is 42.5. The first kappa shape index (κ1) is 93.5. The van der Waals surface area contributed by atoms with Crippen molar-refractivity contribution in [3.8, 4) is 23.0 Å². The van der Waals surface area contributed by atoms with Crippen LogP contribution in [0.5, 0.6) is 23.0 Å². The minimum Gasteiger partial charge on any atom is -0.496 e. The first-order chi connectivity index (χ1) is 52.2. The van der Waals surface area contributed by atoms with E-state index in [1.54, 1.807) is 52.7 Å². The number of sulfone groups is 1. The summed E-state index contributed by atoms with van der Waals surface area (Å²) in [5.74, 6) is 3.68. The van der Waals surface area contributed by atoms with Crippen LogP contribution in [0.3, 0.4) is 0 Å². The van der Waals surface area contributed by atoms with Crippen LogP contribution in [-0.2, 0) is 22.7 Å². The van der Waals surface area contributed by atoms with Crippen molar-refractivity contribution in [3.63, 3.8) is 0 Å². The summed E-state index contributed by atoms with van der Waals surface area (Å²) in [6.07, 6.45) is 59.9. The standard InChI is InChI=1S/C54H74O4S.C48H70O2/c1-41(2)22-16-23-42(3)24-17-25-43(4)26-18-27-44(5)28-19-31-46(7)38-50(59(55,56)49-34-12-11-13-35-49)39-47(8)32-20-29-45(6)30-21-33-48-40-53(57-9)51-36-14-15-37-52(51)54(48)58-10;1-36(2)20-14-21-37(3)22-15-23-38(4)24-16-25-39(5)26-17-27-40(6)28-18-29-41(7)30-19-31-42(8)34-35-44-43(9)47(49-10)45-32-12-13-33-46(45)48(44)50-11/h11-15,22,24,26,28,30,32,34-38,40,50H,16-21,23,25,27,29,31,33,39H2,1-10H3;12-13,20,22,24,26,28,30,32-34H,14-19,21,23,25,27,29,31,35H2,1-11H3/b42-24+,43-26+,44-28+,45-30+,46-38+,47-32+;37-22+,38-24+,39-26+,40-28+,41-30+,42-34+. The molecule has 0 saturated heterocycles. The molecule has 0 aliphatic rings. The minimum absolute atomic E-state index is 0.381. The Morgan fingerprint density at radius 1 is 0.330 bits per heavy atom. The second-order valence-corrected chi connectivity index (χ2v) is 33.6. The summed E-state index contributed by atoms with van der Waals surface area (Å²) < 4.78 is 51.2. The maximum atomic E-state index is 14.0. The maximum Gasteiger partial charge on any atom is 0.185 e. The Balaban J connectivity index is 0.000000467. The van der Waals surface area contributed by atoms with Crippen LogP contribution in [0.4, 0.5) is 0 Å². The van der Waals surface area contributed by atoms with Gasteiger partial charge in [0.2, 0.25) is 0 Å². The van der Waals surface area contributed by atoms with E-state index >= 15 is 0 Å². The highest BCUT2D eigenvalue weighted by molar-refractivity contribution is 7.92. The molecule has 0 amide bonds. The van der Waals surface area contributed by atoms with Crippen molar-refractivity contribution in [1.29, 1.82) is 0 Å². The van der Waals surface area contributed by atoms with Crippen LogP contribution in [0.2, 0.25) is 0 Å². The smallest absolute Gasteiger partial charge is 0.185 e. The minimum atomic E-state index is -3.55. The van der Waals surface area contributed by atoms with Gasteiger partial charge < -0.3 is 18.9 Å². The lowest BCUT2D eigenvalue weighted by Gasteiger charge is -2.18. The molecule has 0 saturated carbocycles. The van der Waals surface area contributed by atoms with E-state index in [-0.39, 0.29) is 0 Å². The molecular weight excluding hydrogens is 1350 g/mol. The van der Waals surface area contributed by atoms with Crippen LogP contribution in [0.25, 0.3) is 21.5 Å². The summed E-state index contributed by atoms with van der Waals surface area (Å²) in [7, 11) is 3.43. The van der Waals surface area contributed by atoms with Gasteiger partial charge in [0.1, 0.15) is 23.0 Å². The molecule has 0 aliphatic heterocycles. The third kappa shape index (κ3) is 36.2. The van der Waals surface area contributed by atoms with Crippen molar-refractivity contribution >= 4 is 31.4 Å². The van der Waals surface area contributed by atoms with Crippen LogP contribution in [0, 0.1) is 6.92 Å². The molecule has 0 aromatic heterocycles. The highest BCUT2D eigenvalue weighted by atomic mass is 32.2. The van der Waals surface area contributed by atoms with Gasteiger partial charge in [-0.3, -0.25) is 0 Å². The Morgan fingerprint density at radius 3 is 0.991 bits per heavy atom. The van der Waals surface area contributed by atoms with Crippen molar-refractivity contribution in [2.75, 3.05) is 28.4 Å². The molecule has 1 atom stereocenters. The lowest BCUT2D eigenvalue weighted by Crippen LogP contribution is -2.20. The number of benzene rings is 5. The largest absolute Gasteiger partial charge is 0.496 e. The van der Waals surface area contributed by atoms with Crippen LogP contribution in [-0.4, -0.2) is 42.1 Å². The zero-order valence-corrected chi connectivity index (χ0v) is 72.8. The fourth-order valence-electron chi connectivity index (χ4n) is 14.0. The first-order valence-electron chi connectivity index (χ1n) is 40.9. The van der Waals surface area contributed by atoms with E-state index in [0.717, 1.165) is 202 Å². The van der Waals surface area contributed by atoms with Gasteiger partial charge in [0.25, 0.3) is 0 Å². The number of rotatable bonds is 47. The predicted molar refractivity (Wildman–Crippen MR) is 478 cm³/mol. The lowest BCUT2D eigenvalue weighted by atomic mass is 9.95. The van der Waals surface area contributed by atoms with Crippen LogP contribution >= 0.6 is 0 Å². The fraction of sp³-hybridized carbons (Fsp3) is 0.471. The average molecular weight is 1500 g/mol. The monoisotopic (exact) mass is 1500 g/mol. The normalized spacial score (nSPS) is 13.9. The van der Waals surface area contributed by atoms with Crippen LogP contribution in [0.1, 0.15) is 282 Å². The third-order valence-corrected chi connectivity index (χ3v) is 22.9. The van der Waals surface area contributed by atoms with Gasteiger partial charge in [0.15, 0.2) is 9.84 Å². The van der Waals surface area contributed by atoms with Gasteiger partial charge in [-0.2, -0.15) is 0 Å². The van der Waals surface area contributed by atoms with Crippen LogP contribution in [0.15, 0.2) is 253 Å². The third-order valence-electron chi connectivity index (χ3n) is 20.8. The molecule has 5 aromatic rings. The molecule has 0 fully saturated rings. The molecule has 1 unspecified atom stereocenters. The summed E-state index contributed by atoms with van der Waals surface area (Å²) >= 11 is 0. The molecule has 109 heavy (non-hydrogen) atoms. The molecule has 594 valence electrons. The number of hydrogen-bond donors (Lipinski definition) is 0. The van der Waals surface area contributed by atoms with E-state index in [0.29, 0.717) is 11.3 Å². The highest BCUT2D eigenvalue weighted by Gasteiger charge is 2.26. The van der Waals surface area contributed by atoms with Crippen LogP contribution < -0.4 is 18.9 Å². The number of fused-ring (bicyclic) bond motifs is 2. The Bertz CT molecular complexity index is 4200. The molecule has 0 radical (unpaired) electrons. The lowest BCUT2D eigenvalue weighted by molar-refractivity contribution is 0.404. The van der Waals surface area contributed by atoms with Crippen molar-refractivity contribution < 1.29 is 27.4 Å². The summed E-state index contributed by atoms with van der Waals surface area (Å²) in [4.78, 5) is 0.381. The van der Waals surface area contributed by atoms with Crippen molar-refractivity contribution in [2.24, 2.45) is 0 Å². The molecule has 0 N–H and O–H groups in total. The number of methoxy groups -OCH3 is 4. The van der Waals surface area contributed by atoms with Gasteiger partial charge in [0.05, 0.1) is 38.6 Å².